The monoisotopic (exact) mass is 249 g/mol. The van der Waals surface area contributed by atoms with E-state index in [0.717, 1.165) is 31.6 Å². The Morgan fingerprint density at radius 2 is 2.39 bits per heavy atom. The Kier molecular flexibility index (Phi) is 3.32. The Hall–Kier alpha value is -1.36. The summed E-state index contributed by atoms with van der Waals surface area (Å²) >= 11 is 0. The van der Waals surface area contributed by atoms with Crippen molar-refractivity contribution in [3.8, 4) is 5.88 Å². The van der Waals surface area contributed by atoms with Crippen LogP contribution in [0.15, 0.2) is 12.3 Å². The fourth-order valence-corrected chi connectivity index (χ4v) is 2.32. The number of morpholine rings is 1. The highest BCUT2D eigenvalue weighted by Gasteiger charge is 2.35. The molecule has 1 saturated carbocycles. The summed E-state index contributed by atoms with van der Waals surface area (Å²) in [5.41, 5.74) is 0. The Labute approximate surface area is 107 Å². The van der Waals surface area contributed by atoms with Gasteiger partial charge in [-0.05, 0) is 25.7 Å². The first kappa shape index (κ1) is 11.7. The maximum atomic E-state index is 5.80. The number of ether oxygens (including phenoxy) is 2. The zero-order valence-corrected chi connectivity index (χ0v) is 10.7. The van der Waals surface area contributed by atoms with Gasteiger partial charge in [-0.3, -0.25) is 0 Å². The van der Waals surface area contributed by atoms with Crippen molar-refractivity contribution < 1.29 is 9.47 Å². The summed E-state index contributed by atoms with van der Waals surface area (Å²) in [7, 11) is 0. The van der Waals surface area contributed by atoms with Gasteiger partial charge in [0.05, 0.1) is 19.3 Å². The van der Waals surface area contributed by atoms with Crippen LogP contribution in [0.25, 0.3) is 0 Å². The van der Waals surface area contributed by atoms with Crippen molar-refractivity contribution in [1.82, 2.24) is 9.97 Å². The van der Waals surface area contributed by atoms with Crippen LogP contribution in [0, 0.1) is 5.92 Å². The molecule has 0 spiro atoms. The Morgan fingerprint density at radius 1 is 1.50 bits per heavy atom. The van der Waals surface area contributed by atoms with Gasteiger partial charge in [-0.2, -0.15) is 4.98 Å². The molecule has 0 amide bonds. The van der Waals surface area contributed by atoms with Gasteiger partial charge in [0.25, 0.3) is 0 Å². The topological polar surface area (TPSA) is 47.5 Å². The standard InChI is InChI=1S/C13H19N3O2/c1-2-17-12-5-6-14-13(15-12)16-7-8-18-11(9-16)10-3-4-10/h5-6,10-11H,2-4,7-9H2,1H3. The largest absolute Gasteiger partial charge is 0.478 e. The third kappa shape index (κ3) is 2.56. The van der Waals surface area contributed by atoms with Gasteiger partial charge in [0.2, 0.25) is 11.8 Å². The summed E-state index contributed by atoms with van der Waals surface area (Å²) in [5, 5.41) is 0. The van der Waals surface area contributed by atoms with Crippen LogP contribution in [0.3, 0.4) is 0 Å². The van der Waals surface area contributed by atoms with Gasteiger partial charge in [0.15, 0.2) is 0 Å². The molecule has 1 unspecified atom stereocenters. The lowest BCUT2D eigenvalue weighted by Gasteiger charge is -2.33. The quantitative estimate of drug-likeness (QED) is 0.809. The van der Waals surface area contributed by atoms with Crippen LogP contribution in [0.5, 0.6) is 5.88 Å². The molecular formula is C13H19N3O2. The molecule has 3 rings (SSSR count). The van der Waals surface area contributed by atoms with Crippen LogP contribution in [0.1, 0.15) is 19.8 Å². The first-order valence-corrected chi connectivity index (χ1v) is 6.69. The number of anilines is 1. The van der Waals surface area contributed by atoms with Crippen molar-refractivity contribution in [1.29, 1.82) is 0 Å². The highest BCUT2D eigenvalue weighted by molar-refractivity contribution is 5.33. The summed E-state index contributed by atoms with van der Waals surface area (Å²) in [6, 6.07) is 1.80. The van der Waals surface area contributed by atoms with E-state index in [4.69, 9.17) is 9.47 Å². The SMILES string of the molecule is CCOc1ccnc(N2CCOC(C3CC3)C2)n1. The predicted octanol–water partition coefficient (Wildman–Crippen LogP) is 1.49. The second-order valence-corrected chi connectivity index (χ2v) is 4.82. The minimum Gasteiger partial charge on any atom is -0.478 e. The van der Waals surface area contributed by atoms with E-state index >= 15 is 0 Å². The lowest BCUT2D eigenvalue weighted by atomic mass is 10.2. The van der Waals surface area contributed by atoms with E-state index in [2.05, 4.69) is 14.9 Å². The highest BCUT2D eigenvalue weighted by atomic mass is 16.5. The third-order valence-electron chi connectivity index (χ3n) is 3.43. The van der Waals surface area contributed by atoms with Crippen LogP contribution < -0.4 is 9.64 Å². The average Bonchev–Trinajstić information content (AvgIpc) is 3.24. The molecule has 5 nitrogen and oxygen atoms in total. The van der Waals surface area contributed by atoms with Crippen molar-refractivity contribution in [2.24, 2.45) is 5.92 Å². The van der Waals surface area contributed by atoms with Crippen LogP contribution >= 0.6 is 0 Å². The summed E-state index contributed by atoms with van der Waals surface area (Å²) < 4.78 is 11.2. The highest BCUT2D eigenvalue weighted by Crippen LogP contribution is 2.36. The minimum atomic E-state index is 0.359. The number of aromatic nitrogens is 2. The van der Waals surface area contributed by atoms with Gasteiger partial charge in [-0.15, -0.1) is 0 Å². The molecule has 1 aliphatic heterocycles. The lowest BCUT2D eigenvalue weighted by molar-refractivity contribution is 0.0258. The van der Waals surface area contributed by atoms with Crippen molar-refractivity contribution in [3.05, 3.63) is 12.3 Å². The summed E-state index contributed by atoms with van der Waals surface area (Å²) in [5.74, 6) is 2.16. The normalized spacial score (nSPS) is 24.1. The van der Waals surface area contributed by atoms with Gasteiger partial charge < -0.3 is 14.4 Å². The molecule has 0 aromatic carbocycles. The zero-order chi connectivity index (χ0) is 12.4. The molecule has 1 saturated heterocycles. The zero-order valence-electron chi connectivity index (χ0n) is 10.7. The van der Waals surface area contributed by atoms with Crippen molar-refractivity contribution >= 4 is 5.95 Å². The van der Waals surface area contributed by atoms with Crippen LogP contribution in [-0.2, 0) is 4.74 Å². The maximum Gasteiger partial charge on any atom is 0.228 e. The summed E-state index contributed by atoms with van der Waals surface area (Å²) in [6.07, 6.45) is 4.73. The Morgan fingerprint density at radius 3 is 3.17 bits per heavy atom. The first-order chi connectivity index (χ1) is 8.86. The molecule has 2 fully saturated rings. The number of nitrogens with zero attached hydrogens (tertiary/aromatic N) is 3. The smallest absolute Gasteiger partial charge is 0.228 e. The van der Waals surface area contributed by atoms with Gasteiger partial charge >= 0.3 is 0 Å². The van der Waals surface area contributed by atoms with E-state index in [1.165, 1.54) is 12.8 Å². The van der Waals surface area contributed by atoms with Gasteiger partial charge in [-0.25, -0.2) is 4.98 Å². The first-order valence-electron chi connectivity index (χ1n) is 6.69. The van der Waals surface area contributed by atoms with Gasteiger partial charge in [0, 0.05) is 25.4 Å². The molecule has 1 aromatic heterocycles. The summed E-state index contributed by atoms with van der Waals surface area (Å²) in [4.78, 5) is 11.0. The van der Waals surface area contributed by atoms with Crippen molar-refractivity contribution in [3.63, 3.8) is 0 Å². The second-order valence-electron chi connectivity index (χ2n) is 4.82. The maximum absolute atomic E-state index is 5.80. The molecule has 0 bridgehead atoms. The molecule has 1 aromatic rings. The summed E-state index contributed by atoms with van der Waals surface area (Å²) in [6.45, 7) is 5.12. The second kappa shape index (κ2) is 5.10. The van der Waals surface area contributed by atoms with Gasteiger partial charge in [-0.1, -0.05) is 0 Å². The van der Waals surface area contributed by atoms with Crippen molar-refractivity contribution in [2.45, 2.75) is 25.9 Å². The van der Waals surface area contributed by atoms with Crippen LogP contribution in [0.4, 0.5) is 5.95 Å². The van der Waals surface area contributed by atoms with E-state index in [0.29, 0.717) is 18.6 Å². The molecule has 1 atom stereocenters. The number of hydrogen-bond acceptors (Lipinski definition) is 5. The Bertz CT molecular complexity index is 409. The van der Waals surface area contributed by atoms with E-state index in [1.807, 2.05) is 6.92 Å². The van der Waals surface area contributed by atoms with E-state index in [9.17, 15) is 0 Å². The van der Waals surface area contributed by atoms with Crippen LogP contribution in [0.2, 0.25) is 0 Å². The van der Waals surface area contributed by atoms with Crippen LogP contribution in [-0.4, -0.2) is 42.4 Å². The molecule has 0 N–H and O–H groups in total. The van der Waals surface area contributed by atoms with Crippen molar-refractivity contribution in [2.75, 3.05) is 31.2 Å². The van der Waals surface area contributed by atoms with E-state index in [-0.39, 0.29) is 0 Å². The molecule has 18 heavy (non-hydrogen) atoms. The van der Waals surface area contributed by atoms with E-state index in [1.54, 1.807) is 12.3 Å². The fraction of sp³-hybridized carbons (Fsp3) is 0.692. The average molecular weight is 249 g/mol. The molecule has 0 radical (unpaired) electrons. The lowest BCUT2D eigenvalue weighted by Crippen LogP contribution is -2.44. The molecular weight excluding hydrogens is 230 g/mol. The minimum absolute atomic E-state index is 0.359. The molecule has 2 aliphatic rings. The molecule has 1 aliphatic carbocycles. The van der Waals surface area contributed by atoms with E-state index < -0.39 is 0 Å². The predicted molar refractivity (Wildman–Crippen MR) is 67.9 cm³/mol. The molecule has 5 heteroatoms. The molecule has 98 valence electrons. The number of hydrogen-bond donors (Lipinski definition) is 0. The Balaban J connectivity index is 1.70. The number of rotatable bonds is 4. The molecule has 2 heterocycles. The third-order valence-corrected chi connectivity index (χ3v) is 3.43. The fourth-order valence-electron chi connectivity index (χ4n) is 2.32. The van der Waals surface area contributed by atoms with Gasteiger partial charge in [0.1, 0.15) is 0 Å².